The fourth-order valence-corrected chi connectivity index (χ4v) is 3.99. The molecular weight excluding hydrogens is 278 g/mol. The predicted octanol–water partition coefficient (Wildman–Crippen LogP) is 1.99. The van der Waals surface area contributed by atoms with E-state index in [4.69, 9.17) is 4.42 Å². The number of rotatable bonds is 5. The Balaban J connectivity index is 1.68. The van der Waals surface area contributed by atoms with Crippen molar-refractivity contribution in [3.8, 4) is 0 Å². The van der Waals surface area contributed by atoms with Gasteiger partial charge in [0.25, 0.3) is 5.22 Å². The summed E-state index contributed by atoms with van der Waals surface area (Å²) in [5.41, 5.74) is -0.772. The van der Waals surface area contributed by atoms with Crippen LogP contribution in [0, 0.1) is 6.92 Å². The molecule has 1 heterocycles. The summed E-state index contributed by atoms with van der Waals surface area (Å²) < 4.78 is 5.38. The summed E-state index contributed by atoms with van der Waals surface area (Å²) in [6.07, 6.45) is 5.42. The number of carbonyl (C=O) groups is 1. The average Bonchev–Trinajstić information content (AvgIpc) is 3.11. The number of aliphatic carboxylic acids is 1. The lowest BCUT2D eigenvalue weighted by atomic mass is 9.81. The Morgan fingerprint density at radius 3 is 2.85 bits per heavy atom. The van der Waals surface area contributed by atoms with E-state index in [0.717, 1.165) is 25.7 Å². The van der Waals surface area contributed by atoms with E-state index in [1.54, 1.807) is 6.92 Å². The van der Waals surface area contributed by atoms with Gasteiger partial charge < -0.3 is 9.52 Å². The third kappa shape index (κ3) is 2.98. The molecule has 20 heavy (non-hydrogen) atoms. The van der Waals surface area contributed by atoms with Crippen molar-refractivity contribution in [2.24, 2.45) is 0 Å². The second-order valence-corrected chi connectivity index (χ2v) is 6.98. The second kappa shape index (κ2) is 5.37. The highest BCUT2D eigenvalue weighted by Crippen LogP contribution is 2.39. The molecule has 1 aromatic heterocycles. The van der Waals surface area contributed by atoms with E-state index in [9.17, 15) is 9.90 Å². The lowest BCUT2D eigenvalue weighted by Crippen LogP contribution is -2.56. The van der Waals surface area contributed by atoms with Crippen LogP contribution < -0.4 is 5.32 Å². The molecule has 2 N–H and O–H groups in total. The third-order valence-corrected chi connectivity index (χ3v) is 5.05. The van der Waals surface area contributed by atoms with E-state index in [0.29, 0.717) is 30.0 Å². The fourth-order valence-electron chi connectivity index (χ4n) is 2.80. The van der Waals surface area contributed by atoms with Crippen molar-refractivity contribution < 1.29 is 14.3 Å². The minimum atomic E-state index is -0.772. The number of hydrogen-bond acceptors (Lipinski definition) is 6. The van der Waals surface area contributed by atoms with Crippen molar-refractivity contribution in [1.29, 1.82) is 0 Å². The molecule has 2 unspecified atom stereocenters. The molecule has 0 amide bonds. The summed E-state index contributed by atoms with van der Waals surface area (Å²) in [6.45, 7) is 1.76. The zero-order chi connectivity index (χ0) is 14.2. The van der Waals surface area contributed by atoms with Gasteiger partial charge in [-0.3, -0.25) is 10.1 Å². The fraction of sp³-hybridized carbons (Fsp3) is 0.769. The summed E-state index contributed by atoms with van der Waals surface area (Å²) in [4.78, 5) is 11.7. The topological polar surface area (TPSA) is 88.2 Å². The first-order valence-electron chi connectivity index (χ1n) is 7.05. The minimum Gasteiger partial charge on any atom is -0.480 e. The number of carboxylic acid groups (broad SMARTS) is 1. The minimum absolute atomic E-state index is 0.214. The van der Waals surface area contributed by atoms with Crippen LogP contribution in [0.15, 0.2) is 9.64 Å². The Kier molecular flexibility index (Phi) is 3.72. The number of thioether (sulfide) groups is 1. The molecule has 0 saturated heterocycles. The molecule has 0 spiro atoms. The van der Waals surface area contributed by atoms with Crippen LogP contribution in [0.2, 0.25) is 0 Å². The van der Waals surface area contributed by atoms with Crippen molar-refractivity contribution in [2.45, 2.75) is 67.5 Å². The summed E-state index contributed by atoms with van der Waals surface area (Å²) in [7, 11) is 0. The molecule has 1 aromatic rings. The van der Waals surface area contributed by atoms with Crippen LogP contribution in [0.5, 0.6) is 0 Å². The van der Waals surface area contributed by atoms with Gasteiger partial charge in [0.05, 0.1) is 0 Å². The van der Waals surface area contributed by atoms with Gasteiger partial charge in [-0.1, -0.05) is 11.8 Å². The summed E-state index contributed by atoms with van der Waals surface area (Å²) in [6, 6.07) is 0.389. The zero-order valence-electron chi connectivity index (χ0n) is 11.5. The molecule has 2 saturated carbocycles. The van der Waals surface area contributed by atoms with Gasteiger partial charge in [-0.05, 0) is 38.5 Å². The van der Waals surface area contributed by atoms with Crippen molar-refractivity contribution in [2.75, 3.05) is 0 Å². The number of nitrogens with one attached hydrogen (secondary N) is 1. The van der Waals surface area contributed by atoms with Gasteiger partial charge in [-0.2, -0.15) is 0 Å². The maximum atomic E-state index is 11.7. The Labute approximate surface area is 121 Å². The second-order valence-electron chi connectivity index (χ2n) is 5.73. The molecule has 2 aliphatic carbocycles. The van der Waals surface area contributed by atoms with Crippen LogP contribution in [0.4, 0.5) is 0 Å². The van der Waals surface area contributed by atoms with Gasteiger partial charge >= 0.3 is 5.97 Å². The summed E-state index contributed by atoms with van der Waals surface area (Å²) >= 11 is 1.51. The maximum absolute atomic E-state index is 11.7. The van der Waals surface area contributed by atoms with Crippen molar-refractivity contribution >= 4 is 17.7 Å². The Hall–Kier alpha value is -1.08. The maximum Gasteiger partial charge on any atom is 0.323 e. The number of aromatic nitrogens is 2. The molecule has 2 atom stereocenters. The van der Waals surface area contributed by atoms with Crippen molar-refractivity contribution in [1.82, 2.24) is 15.5 Å². The molecule has 0 bridgehead atoms. The average molecular weight is 297 g/mol. The first kappa shape index (κ1) is 13.9. The Morgan fingerprint density at radius 2 is 2.25 bits per heavy atom. The van der Waals surface area contributed by atoms with Gasteiger partial charge in [0.15, 0.2) is 0 Å². The van der Waals surface area contributed by atoms with Crippen LogP contribution in [0.3, 0.4) is 0 Å². The summed E-state index contributed by atoms with van der Waals surface area (Å²) in [5, 5.41) is 21.5. The Bertz CT molecular complexity index is 503. The van der Waals surface area contributed by atoms with E-state index < -0.39 is 11.5 Å². The van der Waals surface area contributed by atoms with Gasteiger partial charge in [0, 0.05) is 18.2 Å². The molecule has 110 valence electrons. The van der Waals surface area contributed by atoms with Gasteiger partial charge in [0.2, 0.25) is 5.89 Å². The highest BCUT2D eigenvalue weighted by Gasteiger charge is 2.46. The molecule has 6 nitrogen and oxygen atoms in total. The largest absolute Gasteiger partial charge is 0.480 e. The first-order chi connectivity index (χ1) is 9.57. The Morgan fingerprint density at radius 1 is 1.45 bits per heavy atom. The highest BCUT2D eigenvalue weighted by atomic mass is 32.2. The molecule has 7 heteroatoms. The van der Waals surface area contributed by atoms with E-state index >= 15 is 0 Å². The van der Waals surface area contributed by atoms with E-state index in [-0.39, 0.29) is 5.25 Å². The molecule has 0 aromatic carbocycles. The smallest absolute Gasteiger partial charge is 0.323 e. The van der Waals surface area contributed by atoms with Crippen molar-refractivity contribution in [3.05, 3.63) is 5.89 Å². The van der Waals surface area contributed by atoms with Gasteiger partial charge in [-0.25, -0.2) is 0 Å². The molecular formula is C13H19N3O3S. The number of carboxylic acids is 1. The van der Waals surface area contributed by atoms with Gasteiger partial charge in [0.1, 0.15) is 5.54 Å². The third-order valence-electron chi connectivity index (χ3n) is 3.95. The van der Waals surface area contributed by atoms with Crippen LogP contribution in [0.1, 0.15) is 44.4 Å². The van der Waals surface area contributed by atoms with Crippen molar-refractivity contribution in [3.63, 3.8) is 0 Å². The van der Waals surface area contributed by atoms with E-state index in [1.807, 2.05) is 0 Å². The van der Waals surface area contributed by atoms with E-state index in [1.165, 1.54) is 11.8 Å². The SMILES string of the molecule is Cc1nnc(SC2CCCC(NC3CC3)(C(=O)O)C2)o1. The molecule has 0 radical (unpaired) electrons. The lowest BCUT2D eigenvalue weighted by molar-refractivity contribution is -0.146. The monoisotopic (exact) mass is 297 g/mol. The van der Waals surface area contributed by atoms with Crippen LogP contribution in [0.25, 0.3) is 0 Å². The first-order valence-corrected chi connectivity index (χ1v) is 7.93. The van der Waals surface area contributed by atoms with Crippen LogP contribution in [-0.2, 0) is 4.79 Å². The van der Waals surface area contributed by atoms with Crippen LogP contribution in [-0.4, -0.2) is 38.1 Å². The zero-order valence-corrected chi connectivity index (χ0v) is 12.3. The number of aryl methyl sites for hydroxylation is 1. The highest BCUT2D eigenvalue weighted by molar-refractivity contribution is 7.99. The molecule has 2 aliphatic rings. The standard InChI is InChI=1S/C13H19N3O3S/c1-8-15-16-12(19-8)20-10-3-2-6-13(7-10,11(17)18)14-9-4-5-9/h9-10,14H,2-7H2,1H3,(H,17,18). The molecule has 3 rings (SSSR count). The van der Waals surface area contributed by atoms with Crippen LogP contribution >= 0.6 is 11.8 Å². The number of nitrogens with zero attached hydrogens (tertiary/aromatic N) is 2. The van der Waals surface area contributed by atoms with E-state index in [2.05, 4.69) is 15.5 Å². The van der Waals surface area contributed by atoms with Gasteiger partial charge in [-0.15, -0.1) is 10.2 Å². The summed E-state index contributed by atoms with van der Waals surface area (Å²) in [5.74, 6) is -0.180. The number of hydrogen-bond donors (Lipinski definition) is 2. The molecule has 2 fully saturated rings. The normalized spacial score (nSPS) is 30.4. The predicted molar refractivity (Wildman–Crippen MR) is 73.7 cm³/mol. The lowest BCUT2D eigenvalue weighted by Gasteiger charge is -2.37. The molecule has 0 aliphatic heterocycles. The quantitative estimate of drug-likeness (QED) is 0.859.